The molecule has 0 amide bonds. The van der Waals surface area contributed by atoms with Crippen molar-refractivity contribution in [3.05, 3.63) is 12.8 Å². The van der Waals surface area contributed by atoms with Crippen molar-refractivity contribution in [1.29, 1.82) is 0 Å². The maximum atomic E-state index is 2.65. The Kier molecular flexibility index (Phi) is 7.49. The predicted molar refractivity (Wildman–Crippen MR) is 80.2 cm³/mol. The van der Waals surface area contributed by atoms with Gasteiger partial charge in [0.1, 0.15) is 0 Å². The minimum absolute atomic E-state index is 0. The van der Waals surface area contributed by atoms with E-state index in [1.54, 1.807) is 19.3 Å². The molecule has 0 nitrogen and oxygen atoms in total. The molecule has 8 unspecified atom stereocenters. The molecule has 5 fully saturated rings. The zero-order valence-electron chi connectivity index (χ0n) is 13.9. The fourth-order valence-corrected chi connectivity index (χ4v) is 6.39. The first kappa shape index (κ1) is 19.5. The summed E-state index contributed by atoms with van der Waals surface area (Å²) in [7, 11) is 0. The zero-order chi connectivity index (χ0) is 13.0. The smallest absolute Gasteiger partial charge is 0 e. The quantitative estimate of drug-likeness (QED) is 0.462. The molecule has 2 heteroatoms. The van der Waals surface area contributed by atoms with Gasteiger partial charge in [-0.15, -0.1) is 0 Å². The average molecular weight is 436 g/mol. The van der Waals surface area contributed by atoms with Crippen molar-refractivity contribution in [2.75, 3.05) is 0 Å². The van der Waals surface area contributed by atoms with Gasteiger partial charge in [-0.2, -0.15) is 23.7 Å². The van der Waals surface area contributed by atoms with E-state index >= 15 is 0 Å². The van der Waals surface area contributed by atoms with Gasteiger partial charge in [-0.25, -0.2) is 0 Å². The summed E-state index contributed by atoms with van der Waals surface area (Å²) in [5.41, 5.74) is 0. The van der Waals surface area contributed by atoms with Crippen LogP contribution in [0.3, 0.4) is 0 Å². The van der Waals surface area contributed by atoms with Crippen molar-refractivity contribution in [2.24, 2.45) is 47.3 Å². The second-order valence-electron chi connectivity index (χ2n) is 8.26. The molecule has 0 N–H and O–H groups in total. The van der Waals surface area contributed by atoms with Gasteiger partial charge in [0.05, 0.1) is 0 Å². The molecule has 0 aromatic heterocycles. The summed E-state index contributed by atoms with van der Waals surface area (Å²) < 4.78 is 0. The maximum absolute atomic E-state index is 2.65. The van der Waals surface area contributed by atoms with Crippen LogP contribution in [0.15, 0.2) is 0 Å². The van der Waals surface area contributed by atoms with Crippen LogP contribution in [0.4, 0.5) is 0 Å². The molecule has 114 valence electrons. The Morgan fingerprint density at radius 3 is 2.05 bits per heavy atom. The van der Waals surface area contributed by atoms with Gasteiger partial charge in [-0.05, 0) is 5.92 Å². The van der Waals surface area contributed by atoms with Gasteiger partial charge < -0.3 is 12.8 Å². The van der Waals surface area contributed by atoms with Crippen molar-refractivity contribution >= 4 is 0 Å². The molecule has 5 aliphatic rings. The first-order valence-corrected chi connectivity index (χ1v) is 8.92. The van der Waals surface area contributed by atoms with E-state index in [0.29, 0.717) is 0 Å². The van der Waals surface area contributed by atoms with Crippen LogP contribution in [-0.2, 0) is 65.4 Å². The molecule has 0 aromatic carbocycles. The van der Waals surface area contributed by atoms with E-state index in [1.807, 2.05) is 0 Å². The standard InChI is InChI=1S/C11H17.C8H13.2Y/c1-7-5-8-6-11(7)10-4-2-3-9(8)10;1-6-4-7-2-3-8(6)5-7;;/h5,7-11H,2-4,6H2,1H3;4,6-8H,2-3,5H2,1H3;;/q2*-1;;. The van der Waals surface area contributed by atoms with E-state index in [1.165, 1.54) is 25.7 Å². The van der Waals surface area contributed by atoms with Crippen LogP contribution in [0.1, 0.15) is 58.8 Å². The van der Waals surface area contributed by atoms with E-state index in [2.05, 4.69) is 26.7 Å². The molecule has 5 saturated carbocycles. The van der Waals surface area contributed by atoms with E-state index in [4.69, 9.17) is 0 Å². The molecule has 0 spiro atoms. The fourth-order valence-electron chi connectivity index (χ4n) is 6.39. The van der Waals surface area contributed by atoms with Gasteiger partial charge in [0.2, 0.25) is 0 Å². The first-order chi connectivity index (χ1) is 9.22. The second-order valence-corrected chi connectivity index (χ2v) is 8.26. The summed E-state index contributed by atoms with van der Waals surface area (Å²) in [4.78, 5) is 0. The normalized spacial score (nSPS) is 51.7. The van der Waals surface area contributed by atoms with E-state index in [9.17, 15) is 0 Å². The SMILES string of the molecule is CC1[CH-]C2CC1C1CCCC21.CC1[CH-]C2CCC1C2.[Y].[Y]. The van der Waals surface area contributed by atoms with E-state index in [0.717, 1.165) is 47.3 Å². The van der Waals surface area contributed by atoms with E-state index in [-0.39, 0.29) is 65.4 Å². The molecular formula is C19H30Y2-2. The molecule has 0 saturated heterocycles. The third-order valence-corrected chi connectivity index (χ3v) is 7.33. The van der Waals surface area contributed by atoms with Crippen LogP contribution >= 0.6 is 0 Å². The first-order valence-electron chi connectivity index (χ1n) is 8.92. The third-order valence-electron chi connectivity index (χ3n) is 7.33. The van der Waals surface area contributed by atoms with Crippen LogP contribution < -0.4 is 0 Å². The Hall–Kier alpha value is 2.21. The third kappa shape index (κ3) is 3.75. The summed E-state index contributed by atoms with van der Waals surface area (Å²) in [5, 5.41) is 0. The van der Waals surface area contributed by atoms with Crippen LogP contribution in [0.25, 0.3) is 0 Å². The Morgan fingerprint density at radius 1 is 0.714 bits per heavy atom. The molecule has 5 aliphatic carbocycles. The van der Waals surface area contributed by atoms with Crippen molar-refractivity contribution < 1.29 is 65.4 Å². The molecule has 5 rings (SSSR count). The van der Waals surface area contributed by atoms with Crippen LogP contribution in [-0.4, -0.2) is 0 Å². The maximum Gasteiger partial charge on any atom is 0 e. The number of rotatable bonds is 0. The Bertz CT molecular complexity index is 340. The monoisotopic (exact) mass is 436 g/mol. The number of hydrogen-bond acceptors (Lipinski definition) is 0. The summed E-state index contributed by atoms with van der Waals surface area (Å²) in [6.07, 6.45) is 15.9. The molecular weight excluding hydrogens is 406 g/mol. The van der Waals surface area contributed by atoms with Crippen molar-refractivity contribution in [3.8, 4) is 0 Å². The van der Waals surface area contributed by atoms with E-state index < -0.39 is 0 Å². The fraction of sp³-hybridized carbons (Fsp3) is 0.895. The molecule has 0 aliphatic heterocycles. The summed E-state index contributed by atoms with van der Waals surface area (Å²) in [5.74, 6) is 8.45. The van der Waals surface area contributed by atoms with Crippen molar-refractivity contribution in [1.82, 2.24) is 0 Å². The number of hydrogen-bond donors (Lipinski definition) is 0. The van der Waals surface area contributed by atoms with Gasteiger partial charge in [-0.1, -0.05) is 76.5 Å². The van der Waals surface area contributed by atoms with Crippen molar-refractivity contribution in [2.45, 2.75) is 58.8 Å². The topological polar surface area (TPSA) is 0 Å². The van der Waals surface area contributed by atoms with Crippen molar-refractivity contribution in [3.63, 3.8) is 0 Å². The number of fused-ring (bicyclic) bond motifs is 7. The summed E-state index contributed by atoms with van der Waals surface area (Å²) >= 11 is 0. The van der Waals surface area contributed by atoms with Crippen LogP contribution in [0.5, 0.6) is 0 Å². The molecule has 0 heterocycles. The Balaban J connectivity index is 0.000000146. The predicted octanol–water partition coefficient (Wildman–Crippen LogP) is 5.14. The molecule has 0 aromatic rings. The second kappa shape index (κ2) is 8.06. The summed E-state index contributed by atoms with van der Waals surface area (Å²) in [6, 6.07) is 0. The van der Waals surface area contributed by atoms with Crippen LogP contribution in [0, 0.1) is 60.2 Å². The average Bonchev–Trinajstić information content (AvgIpc) is 3.13. The van der Waals surface area contributed by atoms with Gasteiger partial charge in [0.15, 0.2) is 0 Å². The largest absolute Gasteiger partial charge is 0.322 e. The minimum Gasteiger partial charge on any atom is -0.322 e. The van der Waals surface area contributed by atoms with Gasteiger partial charge in [0, 0.05) is 65.4 Å². The molecule has 2 radical (unpaired) electrons. The molecule has 4 bridgehead atoms. The zero-order valence-corrected chi connectivity index (χ0v) is 19.6. The van der Waals surface area contributed by atoms with Gasteiger partial charge >= 0.3 is 0 Å². The molecule has 21 heavy (non-hydrogen) atoms. The Labute approximate surface area is 182 Å². The van der Waals surface area contributed by atoms with Crippen LogP contribution in [0.2, 0.25) is 0 Å². The summed E-state index contributed by atoms with van der Waals surface area (Å²) in [6.45, 7) is 4.79. The Morgan fingerprint density at radius 2 is 1.48 bits per heavy atom. The minimum atomic E-state index is 0. The molecule has 8 atom stereocenters. The van der Waals surface area contributed by atoms with Gasteiger partial charge in [-0.3, -0.25) is 0 Å². The van der Waals surface area contributed by atoms with Gasteiger partial charge in [0.25, 0.3) is 0 Å².